The molecule has 5 heteroatoms. The summed E-state index contributed by atoms with van der Waals surface area (Å²) in [6, 6.07) is 29.7. The van der Waals surface area contributed by atoms with Crippen LogP contribution in [0.1, 0.15) is 22.4 Å². The second kappa shape index (κ2) is 8.17. The van der Waals surface area contributed by atoms with Gasteiger partial charge in [-0.15, -0.1) is 0 Å². The fourth-order valence-corrected chi connectivity index (χ4v) is 3.80. The number of rotatable bonds is 6. The predicted molar refractivity (Wildman–Crippen MR) is 114 cm³/mol. The number of aromatic nitrogens is 2. The quantitative estimate of drug-likeness (QED) is 0.362. The monoisotopic (exact) mass is 398 g/mol. The summed E-state index contributed by atoms with van der Waals surface area (Å²) in [5.74, 6) is -2.26. The van der Waals surface area contributed by atoms with Crippen molar-refractivity contribution < 1.29 is 14.3 Å². The van der Waals surface area contributed by atoms with Crippen LogP contribution < -0.4 is 0 Å². The van der Waals surface area contributed by atoms with Crippen molar-refractivity contribution in [3.63, 3.8) is 0 Å². The van der Waals surface area contributed by atoms with E-state index in [0.29, 0.717) is 6.08 Å². The van der Waals surface area contributed by atoms with Gasteiger partial charge >= 0.3 is 5.97 Å². The molecule has 0 spiro atoms. The Kier molecular flexibility index (Phi) is 5.26. The number of carboxylic acids is 1. The zero-order chi connectivity index (χ0) is 21.0. The van der Waals surface area contributed by atoms with Crippen molar-refractivity contribution >= 4 is 11.8 Å². The van der Waals surface area contributed by atoms with Crippen molar-refractivity contribution in [1.29, 1.82) is 0 Å². The number of carboxylic acid groups (broad SMARTS) is 1. The van der Waals surface area contributed by atoms with Crippen molar-refractivity contribution in [1.82, 2.24) is 9.55 Å². The van der Waals surface area contributed by atoms with Crippen LogP contribution in [0.5, 0.6) is 0 Å². The third-order valence-corrected chi connectivity index (χ3v) is 5.04. The van der Waals surface area contributed by atoms with Gasteiger partial charge in [-0.25, -0.2) is 14.2 Å². The van der Waals surface area contributed by atoms with Crippen LogP contribution in [0, 0.1) is 0 Å². The molecule has 0 aliphatic heterocycles. The Morgan fingerprint density at radius 2 is 1.27 bits per heavy atom. The molecule has 3 aromatic carbocycles. The first-order valence-corrected chi connectivity index (χ1v) is 9.44. The number of hydrogen-bond acceptors (Lipinski definition) is 2. The van der Waals surface area contributed by atoms with Crippen molar-refractivity contribution in [3.8, 4) is 0 Å². The summed E-state index contributed by atoms with van der Waals surface area (Å²) in [5, 5.41) is 8.89. The first-order valence-electron chi connectivity index (χ1n) is 9.44. The molecule has 0 atom stereocenters. The maximum Gasteiger partial charge on any atom is 0.331 e. The fraction of sp³-hybridized carbons (Fsp3) is 0.0400. The molecule has 1 aromatic heterocycles. The predicted octanol–water partition coefficient (Wildman–Crippen LogP) is 5.12. The third kappa shape index (κ3) is 3.42. The molecule has 0 unspecified atom stereocenters. The maximum atomic E-state index is 14.4. The van der Waals surface area contributed by atoms with Gasteiger partial charge < -0.3 is 9.67 Å². The Morgan fingerprint density at radius 3 is 1.67 bits per heavy atom. The highest BCUT2D eigenvalue weighted by atomic mass is 19.1. The van der Waals surface area contributed by atoms with Crippen LogP contribution >= 0.6 is 0 Å². The molecule has 0 aliphatic carbocycles. The van der Waals surface area contributed by atoms with E-state index in [4.69, 9.17) is 5.11 Å². The second-order valence-corrected chi connectivity index (χ2v) is 6.81. The summed E-state index contributed by atoms with van der Waals surface area (Å²) in [4.78, 5) is 15.1. The van der Waals surface area contributed by atoms with E-state index in [1.54, 1.807) is 6.20 Å². The van der Waals surface area contributed by atoms with E-state index < -0.39 is 17.3 Å². The molecule has 0 radical (unpaired) electrons. The second-order valence-electron chi connectivity index (χ2n) is 6.81. The SMILES string of the molecule is O=C(O)/C=C(\F)c1cn(C(c2ccccc2)(c2ccccc2)c2ccccc2)cn1. The average Bonchev–Trinajstić information content (AvgIpc) is 3.27. The van der Waals surface area contributed by atoms with E-state index in [-0.39, 0.29) is 5.69 Å². The summed E-state index contributed by atoms with van der Waals surface area (Å²) in [6.07, 6.45) is 3.60. The number of benzene rings is 3. The molecule has 0 bridgehead atoms. The summed E-state index contributed by atoms with van der Waals surface area (Å²) >= 11 is 0. The lowest BCUT2D eigenvalue weighted by Crippen LogP contribution is -2.36. The highest BCUT2D eigenvalue weighted by Crippen LogP contribution is 2.41. The molecular weight excluding hydrogens is 379 g/mol. The van der Waals surface area contributed by atoms with E-state index in [0.717, 1.165) is 16.7 Å². The van der Waals surface area contributed by atoms with E-state index in [1.807, 2.05) is 95.6 Å². The fourth-order valence-electron chi connectivity index (χ4n) is 3.80. The minimum atomic E-state index is -1.36. The smallest absolute Gasteiger partial charge is 0.331 e. The van der Waals surface area contributed by atoms with E-state index >= 15 is 0 Å². The Hall–Kier alpha value is -3.99. The van der Waals surface area contributed by atoms with Crippen molar-refractivity contribution in [2.45, 2.75) is 5.54 Å². The van der Waals surface area contributed by atoms with E-state index in [2.05, 4.69) is 4.98 Å². The molecule has 1 N–H and O–H groups in total. The molecule has 4 aromatic rings. The number of carbonyl (C=O) groups is 1. The molecule has 0 aliphatic rings. The lowest BCUT2D eigenvalue weighted by molar-refractivity contribution is -0.131. The molecule has 4 rings (SSSR count). The standard InChI is InChI=1S/C25H19FN2O2/c26-22(16-24(29)30)23-17-28(18-27-23)25(19-10-4-1-5-11-19,20-12-6-2-7-13-20)21-14-8-3-9-15-21/h1-18H,(H,29,30)/b22-16-. The van der Waals surface area contributed by atoms with Gasteiger partial charge in [0.2, 0.25) is 0 Å². The van der Waals surface area contributed by atoms with Crippen LogP contribution in [0.4, 0.5) is 4.39 Å². The molecule has 1 heterocycles. The Labute approximate surface area is 173 Å². The van der Waals surface area contributed by atoms with Crippen LogP contribution in [0.15, 0.2) is 110 Å². The molecule has 148 valence electrons. The van der Waals surface area contributed by atoms with Crippen molar-refractivity contribution in [3.05, 3.63) is 132 Å². The lowest BCUT2D eigenvalue weighted by Gasteiger charge is -2.37. The first-order chi connectivity index (χ1) is 14.6. The lowest BCUT2D eigenvalue weighted by atomic mass is 9.77. The van der Waals surface area contributed by atoms with Gasteiger partial charge in [0.15, 0.2) is 5.83 Å². The van der Waals surface area contributed by atoms with Crippen LogP contribution in [-0.4, -0.2) is 20.6 Å². The normalized spacial score (nSPS) is 12.0. The molecular formula is C25H19FN2O2. The summed E-state index contributed by atoms with van der Waals surface area (Å²) in [7, 11) is 0. The molecule has 0 saturated carbocycles. The molecule has 0 amide bonds. The van der Waals surface area contributed by atoms with Gasteiger partial charge in [-0.3, -0.25) is 0 Å². The molecule has 0 fully saturated rings. The number of imidazole rings is 1. The van der Waals surface area contributed by atoms with Gasteiger partial charge in [0.1, 0.15) is 11.2 Å². The van der Waals surface area contributed by atoms with Gasteiger partial charge in [0, 0.05) is 6.20 Å². The van der Waals surface area contributed by atoms with Gasteiger partial charge in [0.25, 0.3) is 0 Å². The Morgan fingerprint density at radius 1 is 0.833 bits per heavy atom. The summed E-state index contributed by atoms with van der Waals surface area (Å²) in [5.41, 5.74) is 2.04. The van der Waals surface area contributed by atoms with E-state index in [1.165, 1.54) is 6.33 Å². The zero-order valence-corrected chi connectivity index (χ0v) is 16.0. The molecule has 4 nitrogen and oxygen atoms in total. The number of aliphatic carboxylic acids is 1. The summed E-state index contributed by atoms with van der Waals surface area (Å²) < 4.78 is 16.2. The Bertz CT molecular complexity index is 1070. The molecule has 0 saturated heterocycles. The highest BCUT2D eigenvalue weighted by molar-refractivity contribution is 5.87. The third-order valence-electron chi connectivity index (χ3n) is 5.04. The maximum absolute atomic E-state index is 14.4. The van der Waals surface area contributed by atoms with Gasteiger partial charge in [-0.1, -0.05) is 91.0 Å². The van der Waals surface area contributed by atoms with Crippen molar-refractivity contribution in [2.24, 2.45) is 0 Å². The average molecular weight is 398 g/mol. The largest absolute Gasteiger partial charge is 0.478 e. The molecule has 30 heavy (non-hydrogen) atoms. The van der Waals surface area contributed by atoms with Crippen LogP contribution in [0.25, 0.3) is 5.83 Å². The van der Waals surface area contributed by atoms with Crippen LogP contribution in [0.2, 0.25) is 0 Å². The van der Waals surface area contributed by atoms with Crippen LogP contribution in [-0.2, 0) is 10.3 Å². The summed E-state index contributed by atoms with van der Waals surface area (Å²) in [6.45, 7) is 0. The topological polar surface area (TPSA) is 55.1 Å². The highest BCUT2D eigenvalue weighted by Gasteiger charge is 2.38. The van der Waals surface area contributed by atoms with E-state index in [9.17, 15) is 9.18 Å². The van der Waals surface area contributed by atoms with Gasteiger partial charge in [0.05, 0.1) is 12.4 Å². The minimum Gasteiger partial charge on any atom is -0.478 e. The minimum absolute atomic E-state index is 0.0374. The van der Waals surface area contributed by atoms with Crippen LogP contribution in [0.3, 0.4) is 0 Å². The number of nitrogens with zero attached hydrogens (tertiary/aromatic N) is 2. The Balaban J connectivity index is 2.04. The van der Waals surface area contributed by atoms with Crippen molar-refractivity contribution in [2.75, 3.05) is 0 Å². The van der Waals surface area contributed by atoms with Gasteiger partial charge in [-0.05, 0) is 16.7 Å². The zero-order valence-electron chi connectivity index (χ0n) is 16.0. The first kappa shape index (κ1) is 19.3. The number of hydrogen-bond donors (Lipinski definition) is 1. The van der Waals surface area contributed by atoms with Gasteiger partial charge in [-0.2, -0.15) is 0 Å². The number of halogens is 1.